The Balaban J connectivity index is 0.000000258. The van der Waals surface area contributed by atoms with Crippen molar-refractivity contribution in [2.24, 2.45) is 0 Å². The van der Waals surface area contributed by atoms with E-state index in [1.807, 2.05) is 40.9 Å². The first-order chi connectivity index (χ1) is 30.5. The van der Waals surface area contributed by atoms with E-state index in [4.69, 9.17) is 9.10 Å². The molecule has 11 aromatic rings. The third-order valence-electron chi connectivity index (χ3n) is 11.2. The molecule has 0 spiro atoms. The first-order valence-corrected chi connectivity index (χ1v) is 22.0. The van der Waals surface area contributed by atoms with Gasteiger partial charge in [0.25, 0.3) is 0 Å². The van der Waals surface area contributed by atoms with Gasteiger partial charge in [0.2, 0.25) is 0 Å². The largest absolute Gasteiger partial charge is 0.333 e. The number of nitrogens with zero attached hydrogens (tertiary/aromatic N) is 3. The van der Waals surface area contributed by atoms with Crippen LogP contribution in [0.3, 0.4) is 0 Å². The first-order valence-electron chi connectivity index (χ1n) is 21.9. The Morgan fingerprint density at radius 1 is 0.607 bits per heavy atom. The van der Waals surface area contributed by atoms with Gasteiger partial charge < -0.3 is 9.55 Å². The molecular formula is C55H43IrN3S2-2. The molecule has 0 N–H and O–H groups in total. The van der Waals surface area contributed by atoms with E-state index in [0.717, 1.165) is 33.7 Å². The van der Waals surface area contributed by atoms with E-state index in [1.165, 1.54) is 74.5 Å². The van der Waals surface area contributed by atoms with E-state index in [9.17, 15) is 0 Å². The maximum atomic E-state index is 7.23. The summed E-state index contributed by atoms with van der Waals surface area (Å²) in [5.74, 6) is 1.57. The van der Waals surface area contributed by atoms with E-state index < -0.39 is 6.85 Å². The maximum absolute atomic E-state index is 7.23. The van der Waals surface area contributed by atoms with Crippen molar-refractivity contribution in [1.82, 2.24) is 14.5 Å². The van der Waals surface area contributed by atoms with Crippen molar-refractivity contribution in [3.63, 3.8) is 0 Å². The number of para-hydroxylation sites is 2. The zero-order chi connectivity index (χ0) is 43.4. The van der Waals surface area contributed by atoms with Gasteiger partial charge in [0, 0.05) is 61.0 Å². The molecule has 0 bridgehead atoms. The van der Waals surface area contributed by atoms with Crippen molar-refractivity contribution in [1.29, 1.82) is 0 Å². The molecule has 0 fully saturated rings. The molecule has 1 radical (unpaired) electrons. The van der Waals surface area contributed by atoms with E-state index in [1.54, 1.807) is 18.2 Å². The van der Waals surface area contributed by atoms with Gasteiger partial charge in [-0.15, -0.1) is 65.4 Å². The van der Waals surface area contributed by atoms with Gasteiger partial charge in [-0.2, -0.15) is 11.3 Å². The van der Waals surface area contributed by atoms with Crippen molar-refractivity contribution >= 4 is 74.1 Å². The van der Waals surface area contributed by atoms with E-state index >= 15 is 0 Å². The summed E-state index contributed by atoms with van der Waals surface area (Å²) in [7, 11) is 0. The van der Waals surface area contributed by atoms with Crippen LogP contribution in [-0.2, 0) is 20.1 Å². The molecule has 0 atom stereocenters. The quantitative estimate of drug-likeness (QED) is 0.155. The molecular weight excluding hydrogens is 959 g/mol. The minimum Gasteiger partial charge on any atom is -0.333 e. The fraction of sp³-hybridized carbons (Fsp3) is 0.127. The van der Waals surface area contributed by atoms with Crippen molar-refractivity contribution in [3.8, 4) is 39.5 Å². The van der Waals surface area contributed by atoms with Crippen molar-refractivity contribution in [2.75, 3.05) is 0 Å². The second-order valence-corrected chi connectivity index (χ2v) is 17.9. The summed E-state index contributed by atoms with van der Waals surface area (Å²) in [5, 5.41) is 5.24. The Kier molecular flexibility index (Phi) is 10.3. The molecule has 0 saturated carbocycles. The third-order valence-corrected chi connectivity index (χ3v) is 13.5. The molecule has 6 heteroatoms. The average Bonchev–Trinajstić information content (AvgIpc) is 3.99. The van der Waals surface area contributed by atoms with Crippen LogP contribution in [0, 0.1) is 19.0 Å². The predicted molar refractivity (Wildman–Crippen MR) is 258 cm³/mol. The summed E-state index contributed by atoms with van der Waals surface area (Å²) in [4.78, 5) is 9.51. The standard InChI is InChI=1S/C43H33N2S2.C12H10N.Ir/c1-25(2)32-21-28(27-13-6-5-7-14-27)22-33(26(3)4)41(32)45-37-19-10-9-18-36(37)44-43(45)31-17-12-16-30-35-23-34-29-15-8-11-20-38(29)46-39(34)24-40(35)47-42(30)31;1-10-7-8-12(13-9-10)11-5-3-2-4-6-11;/h5-16,18-26H,1-4H3;2-5,7-9H,1H3;/q2*-1;/i;1D3;. The second kappa shape index (κ2) is 17.0. The summed E-state index contributed by atoms with van der Waals surface area (Å²) in [6.45, 7) is 7.15. The molecule has 0 aliphatic heterocycles. The van der Waals surface area contributed by atoms with Crippen LogP contribution < -0.4 is 0 Å². The summed E-state index contributed by atoms with van der Waals surface area (Å²) >= 11 is 3.74. The fourth-order valence-electron chi connectivity index (χ4n) is 8.27. The van der Waals surface area contributed by atoms with Crippen molar-refractivity contribution in [2.45, 2.75) is 46.4 Å². The molecule has 3 nitrogen and oxygen atoms in total. The normalized spacial score (nSPS) is 12.5. The topological polar surface area (TPSA) is 30.7 Å². The number of hydrogen-bond donors (Lipinski definition) is 0. The number of benzene rings is 7. The average molecular weight is 1010 g/mol. The Hall–Kier alpha value is -5.75. The van der Waals surface area contributed by atoms with Gasteiger partial charge in [-0.25, -0.2) is 0 Å². The second-order valence-electron chi connectivity index (χ2n) is 15.8. The molecule has 0 aliphatic carbocycles. The minimum atomic E-state index is -2.09. The van der Waals surface area contributed by atoms with Crippen LogP contribution in [0.2, 0.25) is 0 Å². The molecule has 0 aliphatic rings. The number of imidazole rings is 1. The zero-order valence-corrected chi connectivity index (χ0v) is 38.2. The smallest absolute Gasteiger partial charge is 0.0774 e. The predicted octanol–water partition coefficient (Wildman–Crippen LogP) is 16.0. The molecule has 11 rings (SSSR count). The molecule has 61 heavy (non-hydrogen) atoms. The molecule has 7 aromatic carbocycles. The molecule has 0 amide bonds. The van der Waals surface area contributed by atoms with Gasteiger partial charge in [0.05, 0.1) is 16.9 Å². The zero-order valence-electron chi connectivity index (χ0n) is 37.2. The van der Waals surface area contributed by atoms with E-state index in [-0.39, 0.29) is 25.7 Å². The van der Waals surface area contributed by atoms with Gasteiger partial charge >= 0.3 is 0 Å². The fourth-order valence-corrected chi connectivity index (χ4v) is 10.7. The van der Waals surface area contributed by atoms with Crippen LogP contribution in [0.5, 0.6) is 0 Å². The molecule has 0 unspecified atom stereocenters. The summed E-state index contributed by atoms with van der Waals surface area (Å²) in [6, 6.07) is 59.5. The van der Waals surface area contributed by atoms with Gasteiger partial charge in [-0.1, -0.05) is 111 Å². The molecule has 4 aromatic heterocycles. The van der Waals surface area contributed by atoms with Gasteiger partial charge in [-0.3, -0.25) is 4.98 Å². The van der Waals surface area contributed by atoms with Crippen molar-refractivity contribution in [3.05, 3.63) is 187 Å². The van der Waals surface area contributed by atoms with Crippen LogP contribution in [0.25, 0.3) is 90.8 Å². The maximum Gasteiger partial charge on any atom is 0.0774 e. The number of rotatable bonds is 6. The number of fused-ring (bicyclic) bond motifs is 7. The number of thiophene rings is 2. The third kappa shape index (κ3) is 7.53. The Bertz CT molecular complexity index is 3410. The summed E-state index contributed by atoms with van der Waals surface area (Å²) in [5.41, 5.74) is 11.4. The van der Waals surface area contributed by atoms with Gasteiger partial charge in [-0.05, 0) is 105 Å². The van der Waals surface area contributed by atoms with E-state index in [2.05, 4.69) is 165 Å². The Morgan fingerprint density at radius 3 is 2.07 bits per heavy atom. The summed E-state index contributed by atoms with van der Waals surface area (Å²) in [6.07, 6.45) is 1.39. The van der Waals surface area contributed by atoms with Crippen LogP contribution in [0.15, 0.2) is 158 Å². The molecule has 4 heterocycles. The monoisotopic (exact) mass is 1010 g/mol. The number of hydrogen-bond acceptors (Lipinski definition) is 4. The van der Waals surface area contributed by atoms with Crippen molar-refractivity contribution < 1.29 is 24.2 Å². The molecule has 0 saturated heterocycles. The van der Waals surface area contributed by atoms with Crippen LogP contribution >= 0.6 is 22.7 Å². The minimum absolute atomic E-state index is 0. The van der Waals surface area contributed by atoms with Gasteiger partial charge in [0.15, 0.2) is 0 Å². The SMILES string of the molecule is CC(C)c1cc(-c2ccccc2)cc(C(C)C)c1-n1c(-c2[c-]ccc3c2sc2cc4sc5ccccc5c4cc23)nc2ccccc21.[2H]C([2H])([2H])c1ccc(-c2[c-]cccc2)nc1.[Ir]. The Labute approximate surface area is 383 Å². The Morgan fingerprint density at radius 2 is 1.33 bits per heavy atom. The van der Waals surface area contributed by atoms with Gasteiger partial charge in [0.1, 0.15) is 0 Å². The molecule has 301 valence electrons. The number of aryl methyl sites for hydroxylation is 1. The van der Waals surface area contributed by atoms with Crippen LogP contribution in [-0.4, -0.2) is 14.5 Å². The van der Waals surface area contributed by atoms with E-state index in [0.29, 0.717) is 11.8 Å². The summed E-state index contributed by atoms with van der Waals surface area (Å²) < 4.78 is 29.4. The van der Waals surface area contributed by atoms with Crippen LogP contribution in [0.1, 0.15) is 60.3 Å². The van der Waals surface area contributed by atoms with Crippen LogP contribution in [0.4, 0.5) is 0 Å². The number of aromatic nitrogens is 3. The number of pyridine rings is 1. The first kappa shape index (κ1) is 37.0.